The van der Waals surface area contributed by atoms with Crippen LogP contribution in [-0.2, 0) is 21.2 Å². The van der Waals surface area contributed by atoms with Crippen molar-refractivity contribution < 1.29 is 13.2 Å². The molecule has 104 valence electrons. The Balaban J connectivity index is 2.06. The van der Waals surface area contributed by atoms with Crippen molar-refractivity contribution >= 4 is 27.3 Å². The van der Waals surface area contributed by atoms with Crippen LogP contribution in [0.25, 0.3) is 0 Å². The highest BCUT2D eigenvalue weighted by Gasteiger charge is 2.28. The normalized spacial score (nSPS) is 20.0. The van der Waals surface area contributed by atoms with Crippen LogP contribution in [0.15, 0.2) is 29.2 Å². The SMILES string of the molecule is CS(=O)(=O)c1ccc(CN2CC(CCl)CC2=O)cc1. The number of sulfone groups is 1. The van der Waals surface area contributed by atoms with E-state index in [1.54, 1.807) is 29.2 Å². The number of alkyl halides is 1. The molecule has 0 aromatic heterocycles. The summed E-state index contributed by atoms with van der Waals surface area (Å²) in [5, 5.41) is 0. The Bertz CT molecular complexity index is 568. The van der Waals surface area contributed by atoms with Crippen LogP contribution in [0.2, 0.25) is 0 Å². The average Bonchev–Trinajstić information content (AvgIpc) is 2.70. The second-order valence-corrected chi connectivity index (χ2v) is 7.24. The first-order chi connectivity index (χ1) is 8.90. The summed E-state index contributed by atoms with van der Waals surface area (Å²) in [6.45, 7) is 1.19. The van der Waals surface area contributed by atoms with Crippen LogP contribution in [0.4, 0.5) is 0 Å². The number of hydrogen-bond acceptors (Lipinski definition) is 3. The van der Waals surface area contributed by atoms with Crippen molar-refractivity contribution in [3.8, 4) is 0 Å². The van der Waals surface area contributed by atoms with E-state index in [4.69, 9.17) is 11.6 Å². The monoisotopic (exact) mass is 301 g/mol. The van der Waals surface area contributed by atoms with Crippen LogP contribution in [0.3, 0.4) is 0 Å². The van der Waals surface area contributed by atoms with E-state index in [0.29, 0.717) is 30.3 Å². The highest BCUT2D eigenvalue weighted by Crippen LogP contribution is 2.21. The van der Waals surface area contributed by atoms with Crippen LogP contribution in [0.1, 0.15) is 12.0 Å². The number of benzene rings is 1. The maximum atomic E-state index is 11.7. The zero-order valence-electron chi connectivity index (χ0n) is 10.7. The van der Waals surface area contributed by atoms with Gasteiger partial charge in [-0.15, -0.1) is 11.6 Å². The Morgan fingerprint density at radius 1 is 1.32 bits per heavy atom. The maximum absolute atomic E-state index is 11.7. The number of carbonyl (C=O) groups excluding carboxylic acids is 1. The van der Waals surface area contributed by atoms with Gasteiger partial charge >= 0.3 is 0 Å². The number of likely N-dealkylation sites (tertiary alicyclic amines) is 1. The van der Waals surface area contributed by atoms with Crippen molar-refractivity contribution in [3.63, 3.8) is 0 Å². The third kappa shape index (κ3) is 3.48. The lowest BCUT2D eigenvalue weighted by Gasteiger charge is -2.16. The first-order valence-corrected chi connectivity index (χ1v) is 8.45. The number of nitrogens with zero attached hydrogens (tertiary/aromatic N) is 1. The second-order valence-electron chi connectivity index (χ2n) is 4.91. The molecule has 19 heavy (non-hydrogen) atoms. The average molecular weight is 302 g/mol. The van der Waals surface area contributed by atoms with Crippen LogP contribution in [0, 0.1) is 5.92 Å². The number of hydrogen-bond donors (Lipinski definition) is 0. The molecule has 2 rings (SSSR count). The number of halogens is 1. The molecule has 1 atom stereocenters. The standard InChI is InChI=1S/C13H16ClNO3S/c1-19(17,18)12-4-2-10(3-5-12)8-15-9-11(7-14)6-13(15)16/h2-5,11H,6-9H2,1H3. The predicted octanol–water partition coefficient (Wildman–Crippen LogP) is 1.68. The largest absolute Gasteiger partial charge is 0.338 e. The second kappa shape index (κ2) is 5.51. The summed E-state index contributed by atoms with van der Waals surface area (Å²) in [6.07, 6.45) is 1.68. The third-order valence-corrected chi connectivity index (χ3v) is 4.80. The molecule has 0 spiro atoms. The van der Waals surface area contributed by atoms with Gasteiger partial charge in [0.1, 0.15) is 0 Å². The summed E-state index contributed by atoms with van der Waals surface area (Å²) < 4.78 is 22.7. The lowest BCUT2D eigenvalue weighted by Crippen LogP contribution is -2.24. The molecule has 0 bridgehead atoms. The Labute approximate surface area is 118 Å². The highest BCUT2D eigenvalue weighted by molar-refractivity contribution is 7.90. The predicted molar refractivity (Wildman–Crippen MR) is 73.8 cm³/mol. The number of rotatable bonds is 4. The first kappa shape index (κ1) is 14.3. The molecule has 1 aliphatic heterocycles. The van der Waals surface area contributed by atoms with Crippen molar-refractivity contribution in [2.45, 2.75) is 17.9 Å². The molecular formula is C13H16ClNO3S. The van der Waals surface area contributed by atoms with Gasteiger partial charge < -0.3 is 4.90 Å². The zero-order chi connectivity index (χ0) is 14.0. The summed E-state index contributed by atoms with van der Waals surface area (Å²) in [7, 11) is -3.17. The van der Waals surface area contributed by atoms with Gasteiger partial charge in [-0.2, -0.15) is 0 Å². The molecule has 0 saturated carbocycles. The van der Waals surface area contributed by atoms with E-state index in [0.717, 1.165) is 5.56 Å². The van der Waals surface area contributed by atoms with Gasteiger partial charge in [0.05, 0.1) is 4.90 Å². The smallest absolute Gasteiger partial charge is 0.223 e. The lowest BCUT2D eigenvalue weighted by atomic mass is 10.1. The molecule has 6 heteroatoms. The summed E-state index contributed by atoms with van der Waals surface area (Å²) in [4.78, 5) is 13.8. The minimum absolute atomic E-state index is 0.109. The first-order valence-electron chi connectivity index (χ1n) is 6.03. The molecule has 0 N–H and O–H groups in total. The Morgan fingerprint density at radius 2 is 1.95 bits per heavy atom. The molecule has 1 aromatic rings. The van der Waals surface area contributed by atoms with Gasteiger partial charge in [-0.05, 0) is 23.6 Å². The summed E-state index contributed by atoms with van der Waals surface area (Å²) in [5.74, 6) is 0.831. The van der Waals surface area contributed by atoms with Gasteiger partial charge in [0.2, 0.25) is 5.91 Å². The van der Waals surface area contributed by atoms with Crippen molar-refractivity contribution in [2.24, 2.45) is 5.92 Å². The fourth-order valence-corrected chi connectivity index (χ4v) is 3.01. The van der Waals surface area contributed by atoms with Crippen molar-refractivity contribution in [1.82, 2.24) is 4.90 Å². The van der Waals surface area contributed by atoms with E-state index in [-0.39, 0.29) is 11.8 Å². The van der Waals surface area contributed by atoms with Gasteiger partial charge in [0, 0.05) is 31.6 Å². The topological polar surface area (TPSA) is 54.5 Å². The third-order valence-electron chi connectivity index (χ3n) is 3.24. The molecule has 1 fully saturated rings. The number of carbonyl (C=O) groups is 1. The summed E-state index contributed by atoms with van der Waals surface area (Å²) in [5.41, 5.74) is 0.927. The molecule has 1 unspecified atom stereocenters. The van der Waals surface area contributed by atoms with E-state index >= 15 is 0 Å². The van der Waals surface area contributed by atoms with E-state index in [2.05, 4.69) is 0 Å². The van der Waals surface area contributed by atoms with Crippen LogP contribution in [0.5, 0.6) is 0 Å². The van der Waals surface area contributed by atoms with Gasteiger partial charge in [0.25, 0.3) is 0 Å². The van der Waals surface area contributed by atoms with Crippen molar-refractivity contribution in [1.29, 1.82) is 0 Å². The van der Waals surface area contributed by atoms with E-state index in [9.17, 15) is 13.2 Å². The van der Waals surface area contributed by atoms with Crippen molar-refractivity contribution in [2.75, 3.05) is 18.7 Å². The fraction of sp³-hybridized carbons (Fsp3) is 0.462. The van der Waals surface area contributed by atoms with Gasteiger partial charge in [-0.1, -0.05) is 12.1 Å². The Kier molecular flexibility index (Phi) is 4.16. The molecule has 1 aromatic carbocycles. The zero-order valence-corrected chi connectivity index (χ0v) is 12.2. The number of amides is 1. The van der Waals surface area contributed by atoms with Crippen molar-refractivity contribution in [3.05, 3.63) is 29.8 Å². The summed E-state index contributed by atoms with van der Waals surface area (Å²) in [6, 6.07) is 6.64. The highest BCUT2D eigenvalue weighted by atomic mass is 35.5. The van der Waals surface area contributed by atoms with Gasteiger partial charge in [-0.3, -0.25) is 4.79 Å². The lowest BCUT2D eigenvalue weighted by molar-refractivity contribution is -0.128. The quantitative estimate of drug-likeness (QED) is 0.795. The molecule has 0 radical (unpaired) electrons. The van der Waals surface area contributed by atoms with E-state index < -0.39 is 9.84 Å². The van der Waals surface area contributed by atoms with Crippen LogP contribution in [-0.4, -0.2) is 37.9 Å². The molecule has 0 aliphatic carbocycles. The van der Waals surface area contributed by atoms with Gasteiger partial charge in [-0.25, -0.2) is 8.42 Å². The maximum Gasteiger partial charge on any atom is 0.223 e. The van der Waals surface area contributed by atoms with E-state index in [1.165, 1.54) is 6.26 Å². The van der Waals surface area contributed by atoms with Gasteiger partial charge in [0.15, 0.2) is 9.84 Å². The molecule has 1 saturated heterocycles. The summed E-state index contributed by atoms with van der Waals surface area (Å²) >= 11 is 5.77. The molecular weight excluding hydrogens is 286 g/mol. The molecule has 1 amide bonds. The minimum Gasteiger partial charge on any atom is -0.338 e. The Morgan fingerprint density at radius 3 is 2.42 bits per heavy atom. The molecule has 4 nitrogen and oxygen atoms in total. The van der Waals surface area contributed by atoms with Crippen LogP contribution >= 0.6 is 11.6 Å². The van der Waals surface area contributed by atoms with E-state index in [1.807, 2.05) is 0 Å². The van der Waals surface area contributed by atoms with Crippen LogP contribution < -0.4 is 0 Å². The minimum atomic E-state index is -3.17. The Hall–Kier alpha value is -1.07. The fourth-order valence-electron chi connectivity index (χ4n) is 2.17. The molecule has 1 aliphatic rings. The molecule has 1 heterocycles.